The van der Waals surface area contributed by atoms with Crippen molar-refractivity contribution in [3.63, 3.8) is 0 Å². The van der Waals surface area contributed by atoms with Crippen LogP contribution in [0.5, 0.6) is 5.75 Å². The van der Waals surface area contributed by atoms with Crippen LogP contribution in [0.1, 0.15) is 13.3 Å². The number of hydrogen-bond acceptors (Lipinski definition) is 3. The van der Waals surface area contributed by atoms with Crippen molar-refractivity contribution in [2.24, 2.45) is 0 Å². The van der Waals surface area contributed by atoms with Crippen molar-refractivity contribution in [1.29, 1.82) is 0 Å². The Balaban J connectivity index is 2.41. The zero-order valence-electron chi connectivity index (χ0n) is 7.40. The van der Waals surface area contributed by atoms with E-state index in [9.17, 15) is 0 Å². The van der Waals surface area contributed by atoms with Crippen LogP contribution in [0.2, 0.25) is 0 Å². The number of halogens is 1. The lowest BCUT2D eigenvalue weighted by atomic mass is 10.3. The van der Waals surface area contributed by atoms with Crippen molar-refractivity contribution in [2.45, 2.75) is 19.4 Å². The Kier molecular flexibility index (Phi) is 4.18. The van der Waals surface area contributed by atoms with Crippen molar-refractivity contribution in [3.8, 4) is 5.75 Å². The zero-order chi connectivity index (χ0) is 9.68. The van der Waals surface area contributed by atoms with Gasteiger partial charge in [0.1, 0.15) is 4.60 Å². The van der Waals surface area contributed by atoms with Gasteiger partial charge in [0.15, 0.2) is 5.75 Å². The van der Waals surface area contributed by atoms with Gasteiger partial charge in [-0.25, -0.2) is 4.98 Å². The molecule has 72 valence electrons. The topological polar surface area (TPSA) is 42.4 Å². The number of hydrogen-bond donors (Lipinski definition) is 1. The van der Waals surface area contributed by atoms with Crippen LogP contribution < -0.4 is 4.74 Å². The van der Waals surface area contributed by atoms with Gasteiger partial charge in [0.05, 0.1) is 12.7 Å². The molecule has 0 aliphatic heterocycles. The van der Waals surface area contributed by atoms with Crippen LogP contribution in [0.15, 0.2) is 22.9 Å². The van der Waals surface area contributed by atoms with Gasteiger partial charge in [0.2, 0.25) is 0 Å². The van der Waals surface area contributed by atoms with Crippen LogP contribution in [-0.4, -0.2) is 22.8 Å². The van der Waals surface area contributed by atoms with Crippen LogP contribution >= 0.6 is 15.9 Å². The summed E-state index contributed by atoms with van der Waals surface area (Å²) in [4.78, 5) is 4.01. The van der Waals surface area contributed by atoms with Crippen LogP contribution in [0.3, 0.4) is 0 Å². The maximum atomic E-state index is 8.99. The highest BCUT2D eigenvalue weighted by molar-refractivity contribution is 9.10. The molecule has 1 rings (SSSR count). The minimum Gasteiger partial charge on any atom is -0.491 e. The van der Waals surface area contributed by atoms with Crippen LogP contribution in [0.25, 0.3) is 0 Å². The number of aromatic nitrogens is 1. The average molecular weight is 246 g/mol. The summed E-state index contributed by atoms with van der Waals surface area (Å²) in [6, 6.07) is 3.64. The molecule has 0 aromatic carbocycles. The summed E-state index contributed by atoms with van der Waals surface area (Å²) in [5, 5.41) is 8.99. The largest absolute Gasteiger partial charge is 0.491 e. The molecular formula is C9H12BrNO2. The average Bonchev–Trinajstić information content (AvgIpc) is 2.08. The Morgan fingerprint density at radius 3 is 3.08 bits per heavy atom. The lowest BCUT2D eigenvalue weighted by Crippen LogP contribution is -2.07. The standard InChI is InChI=1S/C9H12BrNO2/c1-7(12)4-6-13-8-3-2-5-11-9(8)10/h2-3,5,7,12H,4,6H2,1H3. The normalized spacial score (nSPS) is 12.5. The molecule has 1 atom stereocenters. The molecule has 1 heterocycles. The van der Waals surface area contributed by atoms with Crippen LogP contribution in [0.4, 0.5) is 0 Å². The van der Waals surface area contributed by atoms with Gasteiger partial charge < -0.3 is 9.84 Å². The lowest BCUT2D eigenvalue weighted by Gasteiger charge is -2.07. The smallest absolute Gasteiger partial charge is 0.152 e. The van der Waals surface area contributed by atoms with Crippen molar-refractivity contribution < 1.29 is 9.84 Å². The van der Waals surface area contributed by atoms with E-state index in [1.165, 1.54) is 0 Å². The first kappa shape index (κ1) is 10.5. The maximum Gasteiger partial charge on any atom is 0.152 e. The number of rotatable bonds is 4. The Bertz CT molecular complexity index is 266. The molecule has 3 nitrogen and oxygen atoms in total. The number of pyridine rings is 1. The van der Waals surface area contributed by atoms with Gasteiger partial charge in [-0.3, -0.25) is 0 Å². The highest BCUT2D eigenvalue weighted by Crippen LogP contribution is 2.20. The minimum atomic E-state index is -0.324. The zero-order valence-corrected chi connectivity index (χ0v) is 8.99. The second kappa shape index (κ2) is 5.19. The first-order valence-corrected chi connectivity index (χ1v) is 4.91. The summed E-state index contributed by atoms with van der Waals surface area (Å²) in [6.07, 6.45) is 1.99. The van der Waals surface area contributed by atoms with Crippen molar-refractivity contribution in [2.75, 3.05) is 6.61 Å². The fourth-order valence-corrected chi connectivity index (χ4v) is 1.18. The highest BCUT2D eigenvalue weighted by atomic mass is 79.9. The minimum absolute atomic E-state index is 0.324. The van der Waals surface area contributed by atoms with Gasteiger partial charge >= 0.3 is 0 Å². The van der Waals surface area contributed by atoms with Crippen LogP contribution in [-0.2, 0) is 0 Å². The number of aliphatic hydroxyl groups excluding tert-OH is 1. The SMILES string of the molecule is CC(O)CCOc1cccnc1Br. The van der Waals surface area contributed by atoms with Gasteiger partial charge in [0.25, 0.3) is 0 Å². The number of nitrogens with zero attached hydrogens (tertiary/aromatic N) is 1. The summed E-state index contributed by atoms with van der Waals surface area (Å²) in [7, 11) is 0. The van der Waals surface area contributed by atoms with Gasteiger partial charge in [0, 0.05) is 12.6 Å². The Hall–Kier alpha value is -0.610. The third-order valence-electron chi connectivity index (χ3n) is 1.52. The van der Waals surface area contributed by atoms with Crippen molar-refractivity contribution in [1.82, 2.24) is 4.98 Å². The predicted octanol–water partition coefficient (Wildman–Crippen LogP) is 1.99. The summed E-state index contributed by atoms with van der Waals surface area (Å²) in [5.41, 5.74) is 0. The molecule has 1 N–H and O–H groups in total. The molecule has 0 fully saturated rings. The molecule has 0 saturated carbocycles. The third kappa shape index (κ3) is 3.74. The van der Waals surface area contributed by atoms with Gasteiger partial charge in [-0.2, -0.15) is 0 Å². The van der Waals surface area contributed by atoms with Crippen molar-refractivity contribution in [3.05, 3.63) is 22.9 Å². The Labute approximate surface area is 85.9 Å². The molecule has 0 saturated heterocycles. The van der Waals surface area contributed by atoms with E-state index in [1.54, 1.807) is 13.1 Å². The van der Waals surface area contributed by atoms with Crippen molar-refractivity contribution >= 4 is 15.9 Å². The quantitative estimate of drug-likeness (QED) is 0.826. The maximum absolute atomic E-state index is 8.99. The van der Waals surface area contributed by atoms with E-state index in [1.807, 2.05) is 12.1 Å². The fourth-order valence-electron chi connectivity index (χ4n) is 0.818. The second-order valence-corrected chi connectivity index (χ2v) is 3.53. The van der Waals surface area contributed by atoms with E-state index in [4.69, 9.17) is 9.84 Å². The van der Waals surface area contributed by atoms with E-state index < -0.39 is 0 Å². The molecule has 4 heteroatoms. The van der Waals surface area contributed by atoms with E-state index >= 15 is 0 Å². The van der Waals surface area contributed by atoms with Crippen LogP contribution in [0, 0.1) is 0 Å². The number of ether oxygens (including phenoxy) is 1. The molecule has 1 aromatic rings. The monoisotopic (exact) mass is 245 g/mol. The summed E-state index contributed by atoms with van der Waals surface area (Å²) in [6.45, 7) is 2.24. The van der Waals surface area contributed by atoms with E-state index in [-0.39, 0.29) is 6.10 Å². The number of aliphatic hydroxyl groups is 1. The highest BCUT2D eigenvalue weighted by Gasteiger charge is 2.01. The van der Waals surface area contributed by atoms with Gasteiger partial charge in [-0.15, -0.1) is 0 Å². The summed E-state index contributed by atoms with van der Waals surface area (Å²) in [5.74, 6) is 0.711. The molecule has 0 aliphatic carbocycles. The Morgan fingerprint density at radius 2 is 2.46 bits per heavy atom. The van der Waals surface area contributed by atoms with E-state index in [2.05, 4.69) is 20.9 Å². The molecule has 0 bridgehead atoms. The second-order valence-electron chi connectivity index (χ2n) is 2.78. The molecule has 0 spiro atoms. The van der Waals surface area contributed by atoms with Gasteiger partial charge in [-0.05, 0) is 35.0 Å². The lowest BCUT2D eigenvalue weighted by molar-refractivity contribution is 0.155. The molecular weight excluding hydrogens is 234 g/mol. The molecule has 1 unspecified atom stereocenters. The van der Waals surface area contributed by atoms with Gasteiger partial charge in [-0.1, -0.05) is 0 Å². The molecule has 0 aliphatic rings. The first-order valence-electron chi connectivity index (χ1n) is 4.11. The Morgan fingerprint density at radius 1 is 1.69 bits per heavy atom. The fraction of sp³-hybridized carbons (Fsp3) is 0.444. The first-order chi connectivity index (χ1) is 6.20. The molecule has 1 aromatic heterocycles. The summed E-state index contributed by atoms with van der Waals surface area (Å²) >= 11 is 3.26. The van der Waals surface area contributed by atoms with E-state index in [0.29, 0.717) is 23.4 Å². The predicted molar refractivity (Wildman–Crippen MR) is 53.7 cm³/mol. The molecule has 0 radical (unpaired) electrons. The summed E-state index contributed by atoms with van der Waals surface area (Å²) < 4.78 is 6.07. The van der Waals surface area contributed by atoms with E-state index in [0.717, 1.165) is 0 Å². The molecule has 13 heavy (non-hydrogen) atoms. The molecule has 0 amide bonds. The third-order valence-corrected chi connectivity index (χ3v) is 2.11.